The maximum Gasteiger partial charge on any atom is 0.303 e. The fourth-order valence-corrected chi connectivity index (χ4v) is 9.23. The lowest BCUT2D eigenvalue weighted by Gasteiger charge is -2.46. The van der Waals surface area contributed by atoms with Crippen LogP contribution in [0, 0.1) is 17.8 Å². The Hall–Kier alpha value is -3.10. The van der Waals surface area contributed by atoms with Gasteiger partial charge in [0.2, 0.25) is 0 Å². The highest BCUT2D eigenvalue weighted by Crippen LogP contribution is 2.47. The topological polar surface area (TPSA) is 85.3 Å². The first-order chi connectivity index (χ1) is 21.7. The second-order valence-electron chi connectivity index (χ2n) is 13.1. The van der Waals surface area contributed by atoms with Crippen LogP contribution in [-0.2, 0) is 36.2 Å². The van der Waals surface area contributed by atoms with Gasteiger partial charge in [0, 0.05) is 41.9 Å². The van der Waals surface area contributed by atoms with Crippen molar-refractivity contribution in [2.45, 2.75) is 75.6 Å². The number of allylic oxidation sites excluding steroid dienone is 2. The summed E-state index contributed by atoms with van der Waals surface area (Å²) in [5, 5.41) is 0.355. The highest BCUT2D eigenvalue weighted by Gasteiger charge is 2.44. The Balaban J connectivity index is 1.46. The number of hydrogen-bond donors (Lipinski definition) is 0. The van der Waals surface area contributed by atoms with Crippen molar-refractivity contribution in [3.8, 4) is 5.75 Å². The third-order valence-electron chi connectivity index (χ3n) is 10.2. The van der Waals surface area contributed by atoms with Crippen molar-refractivity contribution in [1.29, 1.82) is 0 Å². The molecule has 1 fully saturated rings. The summed E-state index contributed by atoms with van der Waals surface area (Å²) in [6.07, 6.45) is 11.5. The van der Waals surface area contributed by atoms with Gasteiger partial charge in [-0.25, -0.2) is 0 Å². The molecule has 2 aromatic carbocycles. The SMILES string of the molecule is C=CC[C@@H]1/C=C/[C@H](OC(C)=O)[C@@H]2CC[C@H]2CN2C[C@@]3(CCCc4cc(Cl)ccc43)COc3ccc(cc32)C(=O)N=[S-](=O)[C@@H]1CC. The van der Waals surface area contributed by atoms with Crippen LogP contribution in [-0.4, -0.2) is 42.9 Å². The number of benzene rings is 2. The van der Waals surface area contributed by atoms with Crippen molar-refractivity contribution < 1.29 is 23.3 Å². The lowest BCUT2D eigenvalue weighted by Crippen LogP contribution is -2.49. The smallest absolute Gasteiger partial charge is 0.303 e. The summed E-state index contributed by atoms with van der Waals surface area (Å²) in [6, 6.07) is 11.7. The highest BCUT2D eigenvalue weighted by atomic mass is 35.5. The van der Waals surface area contributed by atoms with Crippen LogP contribution in [0.4, 0.5) is 5.69 Å². The molecule has 6 atom stereocenters. The predicted molar refractivity (Wildman–Crippen MR) is 178 cm³/mol. The molecule has 6 rings (SSSR count). The maximum atomic E-state index is 13.6. The van der Waals surface area contributed by atoms with Crippen LogP contribution in [0.1, 0.15) is 73.9 Å². The summed E-state index contributed by atoms with van der Waals surface area (Å²) in [7, 11) is -1.77. The molecule has 0 saturated heterocycles. The number of rotatable bonds is 4. The van der Waals surface area contributed by atoms with Crippen molar-refractivity contribution in [3.05, 3.63) is 82.9 Å². The van der Waals surface area contributed by atoms with Gasteiger partial charge in [-0.15, -0.1) is 6.58 Å². The highest BCUT2D eigenvalue weighted by molar-refractivity contribution is 7.75. The van der Waals surface area contributed by atoms with Crippen LogP contribution in [0.2, 0.25) is 5.02 Å². The fourth-order valence-electron chi connectivity index (χ4n) is 7.84. The number of aryl methyl sites for hydroxylation is 1. The van der Waals surface area contributed by atoms with Gasteiger partial charge in [0.15, 0.2) is 0 Å². The van der Waals surface area contributed by atoms with E-state index in [-0.39, 0.29) is 34.4 Å². The molecular weight excluding hydrogens is 608 g/mol. The third-order valence-corrected chi connectivity index (χ3v) is 12.0. The molecule has 2 bridgehead atoms. The molecule has 2 aromatic rings. The molecular formula is C36H42ClN2O5S-. The summed E-state index contributed by atoms with van der Waals surface area (Å²) < 4.78 is 30.3. The number of hydrogen-bond acceptors (Lipinski definition) is 7. The van der Waals surface area contributed by atoms with E-state index in [9.17, 15) is 13.8 Å². The molecule has 2 aliphatic carbocycles. The number of carbonyl (C=O) groups excluding carboxylic acids is 2. The minimum absolute atomic E-state index is 0.140. The Morgan fingerprint density at radius 1 is 1.24 bits per heavy atom. The third kappa shape index (κ3) is 6.46. The molecule has 2 heterocycles. The molecule has 0 radical (unpaired) electrons. The van der Waals surface area contributed by atoms with Gasteiger partial charge in [-0.2, -0.15) is 10.6 Å². The fraction of sp³-hybridized carbons (Fsp3) is 0.500. The number of anilines is 1. The molecule has 0 aromatic heterocycles. The monoisotopic (exact) mass is 649 g/mol. The molecule has 1 spiro atoms. The summed E-state index contributed by atoms with van der Waals surface area (Å²) in [5.74, 6) is 0.139. The molecule has 1 amide bonds. The van der Waals surface area contributed by atoms with E-state index >= 15 is 0 Å². The van der Waals surface area contributed by atoms with E-state index in [0.29, 0.717) is 31.6 Å². The van der Waals surface area contributed by atoms with E-state index < -0.39 is 22.6 Å². The average Bonchev–Trinajstić information content (AvgIpc) is 3.14. The zero-order valence-corrected chi connectivity index (χ0v) is 27.7. The van der Waals surface area contributed by atoms with Gasteiger partial charge >= 0.3 is 5.97 Å². The first kappa shape index (κ1) is 31.9. The minimum Gasteiger partial charge on any atom is -0.490 e. The molecule has 7 nitrogen and oxygen atoms in total. The quantitative estimate of drug-likeness (QED) is 0.193. The largest absolute Gasteiger partial charge is 0.490 e. The van der Waals surface area contributed by atoms with E-state index in [2.05, 4.69) is 28.0 Å². The van der Waals surface area contributed by atoms with Gasteiger partial charge in [-0.1, -0.05) is 48.4 Å². The molecule has 4 aliphatic rings. The first-order valence-corrected chi connectivity index (χ1v) is 17.7. The normalized spacial score (nSPS) is 30.6. The first-order valence-electron chi connectivity index (χ1n) is 16.1. The van der Waals surface area contributed by atoms with Crippen LogP contribution in [0.25, 0.3) is 0 Å². The zero-order chi connectivity index (χ0) is 31.7. The number of ether oxygens (including phenoxy) is 2. The summed E-state index contributed by atoms with van der Waals surface area (Å²) in [4.78, 5) is 28.2. The van der Waals surface area contributed by atoms with Gasteiger partial charge in [0.25, 0.3) is 5.91 Å². The van der Waals surface area contributed by atoms with Crippen molar-refractivity contribution in [2.24, 2.45) is 22.1 Å². The second kappa shape index (κ2) is 13.3. The number of carbonyl (C=O) groups is 2. The molecule has 45 heavy (non-hydrogen) atoms. The van der Waals surface area contributed by atoms with Gasteiger partial charge in [0.1, 0.15) is 11.9 Å². The Kier molecular flexibility index (Phi) is 9.44. The van der Waals surface area contributed by atoms with E-state index in [4.69, 9.17) is 21.1 Å². The van der Waals surface area contributed by atoms with Crippen molar-refractivity contribution in [2.75, 3.05) is 24.6 Å². The van der Waals surface area contributed by atoms with Gasteiger partial charge in [-0.05, 0) is 97.9 Å². The van der Waals surface area contributed by atoms with Crippen LogP contribution in [0.5, 0.6) is 5.75 Å². The van der Waals surface area contributed by atoms with E-state index in [0.717, 1.165) is 55.1 Å². The number of nitrogens with zero attached hydrogens (tertiary/aromatic N) is 2. The van der Waals surface area contributed by atoms with Crippen molar-refractivity contribution in [1.82, 2.24) is 0 Å². The summed E-state index contributed by atoms with van der Waals surface area (Å²) in [5.41, 5.74) is 3.52. The van der Waals surface area contributed by atoms with Gasteiger partial charge in [-0.3, -0.25) is 9.59 Å². The Morgan fingerprint density at radius 3 is 2.82 bits per heavy atom. The lowest BCUT2D eigenvalue weighted by molar-refractivity contribution is -0.149. The van der Waals surface area contributed by atoms with Gasteiger partial charge in [0.05, 0.1) is 12.3 Å². The Morgan fingerprint density at radius 2 is 2.09 bits per heavy atom. The van der Waals surface area contributed by atoms with Crippen molar-refractivity contribution in [3.63, 3.8) is 0 Å². The average molecular weight is 650 g/mol. The number of esters is 1. The molecule has 0 N–H and O–H groups in total. The minimum atomic E-state index is -1.77. The zero-order valence-electron chi connectivity index (χ0n) is 26.1. The summed E-state index contributed by atoms with van der Waals surface area (Å²) >= 11 is 6.42. The van der Waals surface area contributed by atoms with Crippen molar-refractivity contribution >= 4 is 39.8 Å². The lowest BCUT2D eigenvalue weighted by atomic mass is 9.68. The maximum absolute atomic E-state index is 13.6. The number of amides is 1. The Labute approximate surface area is 273 Å². The van der Waals surface area contributed by atoms with Crippen LogP contribution in [0.3, 0.4) is 0 Å². The standard InChI is InChI=1S/C36H42ClN2O5S/c1-4-7-24-10-15-32(44-23(3)40)29-13-9-27(29)20-39-21-36(17-6-8-25-18-28(37)12-14-30(25)36)22-43-33-16-11-26(19-31(33)39)35(41)38-45(42)34(24)5-2/h4,10-12,14-16,18-19,24,27,29,32,34H,1,5-9,13,17,20-22H2,2-3H3/q-1/b15-10+/t24-,27+,29-,32+,34-,36+/m1/s1. The number of fused-ring (bicyclic) bond motifs is 4. The van der Waals surface area contributed by atoms with Crippen LogP contribution < -0.4 is 9.64 Å². The molecule has 2 aliphatic heterocycles. The predicted octanol–water partition coefficient (Wildman–Crippen LogP) is 7.60. The summed E-state index contributed by atoms with van der Waals surface area (Å²) in [6.45, 7) is 9.27. The molecule has 1 saturated carbocycles. The van der Waals surface area contributed by atoms with E-state index in [1.165, 1.54) is 18.1 Å². The van der Waals surface area contributed by atoms with E-state index in [1.807, 2.05) is 37.3 Å². The molecule has 240 valence electrons. The Bertz CT molecular complexity index is 1600. The van der Waals surface area contributed by atoms with Crippen LogP contribution >= 0.6 is 11.6 Å². The van der Waals surface area contributed by atoms with Crippen LogP contribution in [0.15, 0.2) is 65.6 Å². The second-order valence-corrected chi connectivity index (χ2v) is 14.8. The van der Waals surface area contributed by atoms with E-state index in [1.54, 1.807) is 12.1 Å². The molecule has 0 unspecified atom stereocenters. The van der Waals surface area contributed by atoms with Gasteiger partial charge < -0.3 is 22.9 Å². The molecule has 9 heteroatoms. The number of halogens is 1.